The predicted molar refractivity (Wildman–Crippen MR) is 85.4 cm³/mol. The number of carbonyl (C=O) groups excluding carboxylic acids is 1. The van der Waals surface area contributed by atoms with Crippen LogP contribution in [0.15, 0.2) is 42.5 Å². The predicted octanol–water partition coefficient (Wildman–Crippen LogP) is 3.58. The molecule has 1 amide bonds. The number of hydrogen-bond donors (Lipinski definition) is 2. The van der Waals surface area contributed by atoms with Crippen molar-refractivity contribution in [3.05, 3.63) is 58.1 Å². The van der Waals surface area contributed by atoms with Crippen LogP contribution in [0, 0.1) is 0 Å². The quantitative estimate of drug-likeness (QED) is 0.883. The highest BCUT2D eigenvalue weighted by molar-refractivity contribution is 6.37. The summed E-state index contributed by atoms with van der Waals surface area (Å²) in [5.74, 6) is 0.0374. The Labute approximate surface area is 132 Å². The molecule has 0 unspecified atom stereocenters. The molecule has 21 heavy (non-hydrogen) atoms. The zero-order chi connectivity index (χ0) is 15.2. The zero-order valence-corrected chi connectivity index (χ0v) is 12.6. The van der Waals surface area contributed by atoms with Gasteiger partial charge in [0.25, 0.3) is 5.91 Å². The minimum atomic E-state index is -0.296. The van der Waals surface area contributed by atoms with Gasteiger partial charge in [0.15, 0.2) is 5.75 Å². The first-order chi connectivity index (χ1) is 10.1. The minimum absolute atomic E-state index is 0.272. The van der Waals surface area contributed by atoms with Gasteiger partial charge in [-0.2, -0.15) is 0 Å². The fourth-order valence-electron chi connectivity index (χ4n) is 1.71. The van der Waals surface area contributed by atoms with Crippen molar-refractivity contribution in [1.29, 1.82) is 0 Å². The summed E-state index contributed by atoms with van der Waals surface area (Å²) in [6.45, 7) is 0.651. The van der Waals surface area contributed by atoms with Gasteiger partial charge in [-0.3, -0.25) is 4.79 Å². The van der Waals surface area contributed by atoms with Crippen molar-refractivity contribution in [2.24, 2.45) is 5.73 Å². The van der Waals surface area contributed by atoms with E-state index in [-0.39, 0.29) is 16.0 Å². The van der Waals surface area contributed by atoms with E-state index in [0.717, 1.165) is 0 Å². The van der Waals surface area contributed by atoms with Crippen LogP contribution < -0.4 is 15.8 Å². The molecule has 0 heterocycles. The van der Waals surface area contributed by atoms with E-state index < -0.39 is 0 Å². The fourth-order valence-corrected chi connectivity index (χ4v) is 2.31. The molecular formula is C15H14Cl2N2O2. The number of benzene rings is 2. The Morgan fingerprint density at radius 2 is 1.76 bits per heavy atom. The van der Waals surface area contributed by atoms with Crippen LogP contribution in [-0.4, -0.2) is 19.1 Å². The second-order valence-corrected chi connectivity index (χ2v) is 5.04. The standard InChI is InChI=1S/C15H14Cl2N2O2/c16-12-8-10(9-13(17)14(12)21-7-6-18)15(20)19-11-4-2-1-3-5-11/h1-5,8-9H,6-7,18H2,(H,19,20). The van der Waals surface area contributed by atoms with E-state index in [1.54, 1.807) is 12.1 Å². The summed E-state index contributed by atoms with van der Waals surface area (Å²) in [5, 5.41) is 3.30. The first-order valence-electron chi connectivity index (χ1n) is 6.30. The molecule has 3 N–H and O–H groups in total. The van der Waals surface area contributed by atoms with Crippen molar-refractivity contribution in [1.82, 2.24) is 0 Å². The maximum Gasteiger partial charge on any atom is 0.255 e. The number of ether oxygens (including phenoxy) is 1. The Morgan fingerprint density at radius 1 is 1.14 bits per heavy atom. The van der Waals surface area contributed by atoms with Crippen LogP contribution in [-0.2, 0) is 0 Å². The first kappa shape index (κ1) is 15.6. The van der Waals surface area contributed by atoms with Gasteiger partial charge in [-0.15, -0.1) is 0 Å². The second-order valence-electron chi connectivity index (χ2n) is 4.23. The Morgan fingerprint density at radius 3 is 2.33 bits per heavy atom. The molecule has 0 bridgehead atoms. The normalized spacial score (nSPS) is 10.2. The second kappa shape index (κ2) is 7.31. The lowest BCUT2D eigenvalue weighted by Gasteiger charge is -2.11. The number of hydrogen-bond acceptors (Lipinski definition) is 3. The summed E-state index contributed by atoms with van der Waals surface area (Å²) in [5.41, 5.74) is 6.41. The van der Waals surface area contributed by atoms with E-state index in [2.05, 4.69) is 5.32 Å². The van der Waals surface area contributed by atoms with Gasteiger partial charge in [0.05, 0.1) is 10.0 Å². The molecule has 2 aromatic rings. The number of para-hydroxylation sites is 1. The molecule has 0 aliphatic carbocycles. The van der Waals surface area contributed by atoms with Gasteiger partial charge in [-0.05, 0) is 24.3 Å². The number of halogens is 2. The van der Waals surface area contributed by atoms with E-state index in [4.69, 9.17) is 33.7 Å². The van der Waals surface area contributed by atoms with Crippen LogP contribution >= 0.6 is 23.2 Å². The van der Waals surface area contributed by atoms with E-state index in [0.29, 0.717) is 30.2 Å². The number of nitrogens with two attached hydrogens (primary N) is 1. The number of anilines is 1. The van der Waals surface area contributed by atoms with E-state index in [9.17, 15) is 4.79 Å². The summed E-state index contributed by atoms with van der Waals surface area (Å²) < 4.78 is 5.35. The highest BCUT2D eigenvalue weighted by Crippen LogP contribution is 2.34. The molecule has 0 fully saturated rings. The van der Waals surface area contributed by atoms with E-state index in [1.807, 2.05) is 18.2 Å². The summed E-state index contributed by atoms with van der Waals surface area (Å²) in [4.78, 5) is 12.2. The molecule has 110 valence electrons. The fraction of sp³-hybridized carbons (Fsp3) is 0.133. The molecular weight excluding hydrogens is 311 g/mol. The van der Waals surface area contributed by atoms with Crippen molar-refractivity contribution < 1.29 is 9.53 Å². The average Bonchev–Trinajstić information content (AvgIpc) is 2.47. The lowest BCUT2D eigenvalue weighted by Crippen LogP contribution is -2.13. The zero-order valence-electron chi connectivity index (χ0n) is 11.1. The van der Waals surface area contributed by atoms with Gasteiger partial charge in [0.1, 0.15) is 6.61 Å². The molecule has 0 aliphatic heterocycles. The lowest BCUT2D eigenvalue weighted by atomic mass is 10.2. The van der Waals surface area contributed by atoms with Gasteiger partial charge < -0.3 is 15.8 Å². The summed E-state index contributed by atoms with van der Waals surface area (Å²) in [6, 6.07) is 12.1. The topological polar surface area (TPSA) is 64.3 Å². The first-order valence-corrected chi connectivity index (χ1v) is 7.05. The monoisotopic (exact) mass is 324 g/mol. The van der Waals surface area contributed by atoms with Crippen molar-refractivity contribution in [3.63, 3.8) is 0 Å². The largest absolute Gasteiger partial charge is 0.489 e. The number of carbonyl (C=O) groups is 1. The molecule has 0 saturated carbocycles. The summed E-state index contributed by atoms with van der Waals surface area (Å²) >= 11 is 12.2. The van der Waals surface area contributed by atoms with Gasteiger partial charge in [0.2, 0.25) is 0 Å². The third kappa shape index (κ3) is 4.11. The van der Waals surface area contributed by atoms with Crippen LogP contribution in [0.4, 0.5) is 5.69 Å². The van der Waals surface area contributed by atoms with Crippen molar-refractivity contribution in [2.75, 3.05) is 18.5 Å². The summed E-state index contributed by atoms with van der Waals surface area (Å²) in [6.07, 6.45) is 0. The van der Waals surface area contributed by atoms with E-state index >= 15 is 0 Å². The third-order valence-electron chi connectivity index (χ3n) is 2.66. The van der Waals surface area contributed by atoms with Gasteiger partial charge in [-0.1, -0.05) is 41.4 Å². The van der Waals surface area contributed by atoms with Crippen LogP contribution in [0.3, 0.4) is 0 Å². The Kier molecular flexibility index (Phi) is 5.44. The van der Waals surface area contributed by atoms with Crippen LogP contribution in [0.2, 0.25) is 10.0 Å². The molecule has 0 aromatic heterocycles. The number of amides is 1. The molecule has 0 saturated heterocycles. The minimum Gasteiger partial charge on any atom is -0.489 e. The Balaban J connectivity index is 2.19. The Hall–Kier alpha value is -1.75. The SMILES string of the molecule is NCCOc1c(Cl)cc(C(=O)Nc2ccccc2)cc1Cl. The molecule has 4 nitrogen and oxygen atoms in total. The average molecular weight is 325 g/mol. The molecule has 0 radical (unpaired) electrons. The van der Waals surface area contributed by atoms with Crippen LogP contribution in [0.25, 0.3) is 0 Å². The molecule has 2 rings (SSSR count). The lowest BCUT2D eigenvalue weighted by molar-refractivity contribution is 0.102. The smallest absolute Gasteiger partial charge is 0.255 e. The van der Waals surface area contributed by atoms with Gasteiger partial charge in [-0.25, -0.2) is 0 Å². The molecule has 2 aromatic carbocycles. The van der Waals surface area contributed by atoms with Crippen LogP contribution in [0.1, 0.15) is 10.4 Å². The van der Waals surface area contributed by atoms with Gasteiger partial charge >= 0.3 is 0 Å². The maximum atomic E-state index is 12.2. The van der Waals surface area contributed by atoms with E-state index in [1.165, 1.54) is 12.1 Å². The van der Waals surface area contributed by atoms with Gasteiger partial charge in [0, 0.05) is 17.8 Å². The molecule has 6 heteroatoms. The highest BCUT2D eigenvalue weighted by atomic mass is 35.5. The molecule has 0 aliphatic rings. The molecule has 0 spiro atoms. The summed E-state index contributed by atoms with van der Waals surface area (Å²) in [7, 11) is 0. The van der Waals surface area contributed by atoms with Crippen molar-refractivity contribution in [2.45, 2.75) is 0 Å². The maximum absolute atomic E-state index is 12.2. The third-order valence-corrected chi connectivity index (χ3v) is 3.22. The van der Waals surface area contributed by atoms with Crippen molar-refractivity contribution in [3.8, 4) is 5.75 Å². The van der Waals surface area contributed by atoms with Crippen LogP contribution in [0.5, 0.6) is 5.75 Å². The Bertz CT molecular complexity index is 610. The number of nitrogens with one attached hydrogen (secondary N) is 1. The molecule has 0 atom stereocenters. The highest BCUT2D eigenvalue weighted by Gasteiger charge is 2.14. The number of rotatable bonds is 5. The van der Waals surface area contributed by atoms with Crippen molar-refractivity contribution >= 4 is 34.8 Å².